The highest BCUT2D eigenvalue weighted by Crippen LogP contribution is 2.01. The largest absolute Gasteiger partial charge is 0.367 e. The highest BCUT2D eigenvalue weighted by atomic mass is 16.2. The van der Waals surface area contributed by atoms with E-state index >= 15 is 0 Å². The summed E-state index contributed by atoms with van der Waals surface area (Å²) in [5.41, 5.74) is 6.61. The molecule has 0 unspecified atom stereocenters. The van der Waals surface area contributed by atoms with E-state index in [1.54, 1.807) is 11.9 Å². The van der Waals surface area contributed by atoms with Gasteiger partial charge in [-0.3, -0.25) is 4.79 Å². The van der Waals surface area contributed by atoms with Crippen LogP contribution in [0.15, 0.2) is 36.7 Å². The van der Waals surface area contributed by atoms with Gasteiger partial charge in [-0.05, 0) is 12.0 Å². The molecule has 1 heterocycles. The fraction of sp³-hybridized carbons (Fsp3) is 0.308. The highest BCUT2D eigenvalue weighted by molar-refractivity contribution is 5.75. The van der Waals surface area contributed by atoms with Crippen molar-refractivity contribution in [3.05, 3.63) is 42.2 Å². The zero-order valence-corrected chi connectivity index (χ0v) is 10.9. The lowest BCUT2D eigenvalue weighted by Crippen LogP contribution is -2.32. The maximum atomic E-state index is 11.9. The Morgan fingerprint density at radius 3 is 2.74 bits per heavy atom. The summed E-state index contributed by atoms with van der Waals surface area (Å²) in [5.74, 6) is 0.167. The van der Waals surface area contributed by atoms with Crippen molar-refractivity contribution < 1.29 is 4.79 Å². The summed E-state index contributed by atoms with van der Waals surface area (Å²) in [4.78, 5) is 17.4. The van der Waals surface area contributed by atoms with Gasteiger partial charge < -0.3 is 10.6 Å². The Morgan fingerprint density at radius 2 is 2.11 bits per heavy atom. The molecule has 1 aromatic heterocycles. The first kappa shape index (κ1) is 13.1. The molecule has 0 atom stereocenters. The third-order valence-electron chi connectivity index (χ3n) is 2.86. The summed E-state index contributed by atoms with van der Waals surface area (Å²) in [5, 5.41) is 3.89. The smallest absolute Gasteiger partial charge is 0.244 e. The van der Waals surface area contributed by atoms with Crippen molar-refractivity contribution in [1.29, 1.82) is 0 Å². The van der Waals surface area contributed by atoms with Crippen LogP contribution in [0.25, 0.3) is 0 Å². The molecule has 0 aliphatic heterocycles. The number of nitrogens with zero attached hydrogens (tertiary/aromatic N) is 4. The molecule has 6 heteroatoms. The Kier molecular flexibility index (Phi) is 4.12. The molecule has 0 aliphatic carbocycles. The molecule has 19 heavy (non-hydrogen) atoms. The van der Waals surface area contributed by atoms with E-state index in [1.807, 2.05) is 18.2 Å². The molecule has 0 radical (unpaired) electrons. The quantitative estimate of drug-likeness (QED) is 0.851. The van der Waals surface area contributed by atoms with Crippen molar-refractivity contribution in [2.45, 2.75) is 13.0 Å². The minimum atomic E-state index is -0.0131. The van der Waals surface area contributed by atoms with Crippen molar-refractivity contribution in [1.82, 2.24) is 19.7 Å². The molecule has 1 amide bonds. The van der Waals surface area contributed by atoms with Gasteiger partial charge in [0.1, 0.15) is 12.9 Å². The van der Waals surface area contributed by atoms with E-state index in [0.717, 1.165) is 6.42 Å². The van der Waals surface area contributed by atoms with E-state index in [2.05, 4.69) is 22.2 Å². The number of nitrogen functional groups attached to an aromatic ring is 1. The molecule has 2 rings (SSSR count). The highest BCUT2D eigenvalue weighted by Gasteiger charge is 2.10. The zero-order chi connectivity index (χ0) is 13.7. The van der Waals surface area contributed by atoms with Gasteiger partial charge in [-0.15, -0.1) is 5.10 Å². The van der Waals surface area contributed by atoms with Gasteiger partial charge in [-0.2, -0.15) is 0 Å². The SMILES string of the molecule is CN(CCc1ccccc1)C(=O)Cn1cnc(N)n1. The number of hydrogen-bond acceptors (Lipinski definition) is 4. The van der Waals surface area contributed by atoms with Crippen molar-refractivity contribution in [2.75, 3.05) is 19.3 Å². The lowest BCUT2D eigenvalue weighted by Gasteiger charge is -2.16. The van der Waals surface area contributed by atoms with Crippen molar-refractivity contribution in [2.24, 2.45) is 0 Å². The van der Waals surface area contributed by atoms with Gasteiger partial charge in [0.25, 0.3) is 0 Å². The van der Waals surface area contributed by atoms with Crippen LogP contribution in [0.2, 0.25) is 0 Å². The number of likely N-dealkylation sites (N-methyl/N-ethyl adjacent to an activating group) is 1. The summed E-state index contributed by atoms with van der Waals surface area (Å²) in [6.45, 7) is 0.836. The molecule has 0 fully saturated rings. The maximum absolute atomic E-state index is 11.9. The zero-order valence-electron chi connectivity index (χ0n) is 10.9. The van der Waals surface area contributed by atoms with Crippen LogP contribution >= 0.6 is 0 Å². The van der Waals surface area contributed by atoms with Crippen LogP contribution in [-0.4, -0.2) is 39.2 Å². The molecule has 0 spiro atoms. The molecule has 2 aromatic rings. The summed E-state index contributed by atoms with van der Waals surface area (Å²) in [6, 6.07) is 10.1. The first-order valence-corrected chi connectivity index (χ1v) is 6.08. The van der Waals surface area contributed by atoms with Gasteiger partial charge in [-0.1, -0.05) is 30.3 Å². The topological polar surface area (TPSA) is 77.0 Å². The molecule has 0 bridgehead atoms. The van der Waals surface area contributed by atoms with Crippen LogP contribution in [0, 0.1) is 0 Å². The number of nitrogens with two attached hydrogens (primary N) is 1. The Balaban J connectivity index is 1.82. The van der Waals surface area contributed by atoms with E-state index in [9.17, 15) is 4.79 Å². The lowest BCUT2D eigenvalue weighted by atomic mass is 10.1. The molecule has 0 saturated heterocycles. The Labute approximate surface area is 111 Å². The predicted molar refractivity (Wildman–Crippen MR) is 72.2 cm³/mol. The van der Waals surface area contributed by atoms with E-state index in [0.29, 0.717) is 6.54 Å². The van der Waals surface area contributed by atoms with Gasteiger partial charge in [0.05, 0.1) is 0 Å². The average molecular weight is 259 g/mol. The third-order valence-corrected chi connectivity index (χ3v) is 2.86. The number of amides is 1. The van der Waals surface area contributed by atoms with Crippen LogP contribution in [-0.2, 0) is 17.8 Å². The third kappa shape index (κ3) is 3.80. The van der Waals surface area contributed by atoms with Crippen molar-refractivity contribution in [3.63, 3.8) is 0 Å². The van der Waals surface area contributed by atoms with E-state index < -0.39 is 0 Å². The molecule has 1 aromatic carbocycles. The second kappa shape index (κ2) is 5.99. The van der Waals surface area contributed by atoms with E-state index in [4.69, 9.17) is 5.73 Å². The van der Waals surface area contributed by atoms with Crippen LogP contribution in [0.1, 0.15) is 5.56 Å². The fourth-order valence-corrected chi connectivity index (χ4v) is 1.71. The number of carbonyl (C=O) groups is 1. The summed E-state index contributed by atoms with van der Waals surface area (Å²) >= 11 is 0. The predicted octanol–water partition coefficient (Wildman–Crippen LogP) is 0.561. The summed E-state index contributed by atoms with van der Waals surface area (Å²) in [6.07, 6.45) is 2.29. The first-order chi connectivity index (χ1) is 9.15. The minimum Gasteiger partial charge on any atom is -0.367 e. The Hall–Kier alpha value is -2.37. The number of benzene rings is 1. The fourth-order valence-electron chi connectivity index (χ4n) is 1.71. The monoisotopic (exact) mass is 259 g/mol. The van der Waals surface area contributed by atoms with Gasteiger partial charge >= 0.3 is 0 Å². The molecular weight excluding hydrogens is 242 g/mol. The molecule has 100 valence electrons. The molecule has 0 saturated carbocycles. The van der Waals surface area contributed by atoms with Gasteiger partial charge in [0.2, 0.25) is 11.9 Å². The number of aromatic nitrogens is 3. The first-order valence-electron chi connectivity index (χ1n) is 6.08. The number of carbonyl (C=O) groups excluding carboxylic acids is 1. The lowest BCUT2D eigenvalue weighted by molar-refractivity contribution is -0.130. The standard InChI is InChI=1S/C13H17N5O/c1-17(8-7-11-5-3-2-4-6-11)12(19)9-18-10-15-13(14)16-18/h2-6,10H,7-9H2,1H3,(H2,14,16). The second-order valence-corrected chi connectivity index (χ2v) is 4.35. The second-order valence-electron chi connectivity index (χ2n) is 4.35. The molecular formula is C13H17N5O. The van der Waals surface area contributed by atoms with Crippen molar-refractivity contribution in [3.8, 4) is 0 Å². The molecule has 6 nitrogen and oxygen atoms in total. The summed E-state index contributed by atoms with van der Waals surface area (Å²) < 4.78 is 1.44. The van der Waals surface area contributed by atoms with Gasteiger partial charge in [-0.25, -0.2) is 9.67 Å². The van der Waals surface area contributed by atoms with E-state index in [-0.39, 0.29) is 18.4 Å². The number of hydrogen-bond donors (Lipinski definition) is 1. The Bertz CT molecular complexity index is 537. The van der Waals surface area contributed by atoms with Crippen LogP contribution < -0.4 is 5.73 Å². The van der Waals surface area contributed by atoms with Gasteiger partial charge in [0.15, 0.2) is 0 Å². The van der Waals surface area contributed by atoms with Crippen LogP contribution in [0.4, 0.5) is 5.95 Å². The van der Waals surface area contributed by atoms with E-state index in [1.165, 1.54) is 16.6 Å². The van der Waals surface area contributed by atoms with Crippen LogP contribution in [0.3, 0.4) is 0 Å². The minimum absolute atomic E-state index is 0.0131. The summed E-state index contributed by atoms with van der Waals surface area (Å²) in [7, 11) is 1.78. The number of anilines is 1. The van der Waals surface area contributed by atoms with Gasteiger partial charge in [0, 0.05) is 13.6 Å². The maximum Gasteiger partial charge on any atom is 0.244 e. The normalized spacial score (nSPS) is 10.4. The number of rotatable bonds is 5. The average Bonchev–Trinajstić information content (AvgIpc) is 2.82. The Morgan fingerprint density at radius 1 is 1.37 bits per heavy atom. The molecule has 2 N–H and O–H groups in total. The molecule has 0 aliphatic rings. The van der Waals surface area contributed by atoms with Crippen molar-refractivity contribution >= 4 is 11.9 Å². The van der Waals surface area contributed by atoms with Crippen LogP contribution in [0.5, 0.6) is 0 Å².